The molecule has 1 atom stereocenters. The highest BCUT2D eigenvalue weighted by Gasteiger charge is 2.23. The molecular formula is C20H20Cl2FNO4. The Balaban J connectivity index is 1.64. The second kappa shape index (κ2) is 9.56. The summed E-state index contributed by atoms with van der Waals surface area (Å²) in [5, 5.41) is 9.52. The Morgan fingerprint density at radius 2 is 2.11 bits per heavy atom. The normalized spacial score (nSPS) is 17.5. The highest BCUT2D eigenvalue weighted by molar-refractivity contribution is 6.32. The molecule has 2 aromatic rings. The van der Waals surface area contributed by atoms with E-state index in [-0.39, 0.29) is 24.7 Å². The first kappa shape index (κ1) is 20.9. The van der Waals surface area contributed by atoms with Gasteiger partial charge in [-0.25, -0.2) is 4.39 Å². The van der Waals surface area contributed by atoms with E-state index in [0.717, 1.165) is 5.56 Å². The molecule has 0 bridgehead atoms. The lowest BCUT2D eigenvalue weighted by molar-refractivity contribution is -0.137. The third kappa shape index (κ3) is 5.35. The number of halogens is 3. The lowest BCUT2D eigenvalue weighted by Gasteiger charge is -2.33. The van der Waals surface area contributed by atoms with E-state index in [9.17, 15) is 9.18 Å². The zero-order valence-corrected chi connectivity index (χ0v) is 16.5. The minimum absolute atomic E-state index is 0.0343. The standard InChI is InChI=1S/C20H20Cl2FNO4/c21-15-2-1-3-17(23)14(15)12-28-18-5-4-13(10-16(18)22)19-11-24(8-9-27-19)7-6-20(25)26/h1-5,10,19H,6-9,11-12H2,(H,25,26). The minimum atomic E-state index is -0.817. The molecule has 1 aliphatic rings. The zero-order valence-electron chi connectivity index (χ0n) is 15.0. The SMILES string of the molecule is O=C(O)CCN1CCOC(c2ccc(OCc3c(F)cccc3Cl)c(Cl)c2)C1. The maximum absolute atomic E-state index is 13.9. The van der Waals surface area contributed by atoms with Crippen molar-refractivity contribution in [3.63, 3.8) is 0 Å². The van der Waals surface area contributed by atoms with E-state index in [1.807, 2.05) is 6.07 Å². The first-order valence-electron chi connectivity index (χ1n) is 8.85. The molecule has 8 heteroatoms. The number of carboxylic acid groups (broad SMARTS) is 1. The van der Waals surface area contributed by atoms with Crippen molar-refractivity contribution in [1.82, 2.24) is 4.90 Å². The molecular weight excluding hydrogens is 408 g/mol. The quantitative estimate of drug-likeness (QED) is 0.701. The monoisotopic (exact) mass is 427 g/mol. The van der Waals surface area contributed by atoms with Crippen LogP contribution < -0.4 is 4.74 Å². The molecule has 1 unspecified atom stereocenters. The number of carboxylic acids is 1. The van der Waals surface area contributed by atoms with Gasteiger partial charge >= 0.3 is 5.97 Å². The smallest absolute Gasteiger partial charge is 0.304 e. The van der Waals surface area contributed by atoms with Crippen LogP contribution in [0.1, 0.15) is 23.7 Å². The summed E-state index contributed by atoms with van der Waals surface area (Å²) >= 11 is 12.3. The molecule has 1 fully saturated rings. The molecule has 28 heavy (non-hydrogen) atoms. The van der Waals surface area contributed by atoms with Crippen molar-refractivity contribution in [3.8, 4) is 5.75 Å². The third-order valence-corrected chi connectivity index (χ3v) is 5.20. The Morgan fingerprint density at radius 1 is 1.29 bits per heavy atom. The van der Waals surface area contributed by atoms with Gasteiger partial charge < -0.3 is 14.6 Å². The second-order valence-corrected chi connectivity index (χ2v) is 7.30. The lowest BCUT2D eigenvalue weighted by Crippen LogP contribution is -2.39. The molecule has 0 radical (unpaired) electrons. The largest absolute Gasteiger partial charge is 0.487 e. The van der Waals surface area contributed by atoms with Gasteiger partial charge in [0, 0.05) is 25.2 Å². The Kier molecular flexibility index (Phi) is 7.13. The summed E-state index contributed by atoms with van der Waals surface area (Å²) in [5.74, 6) is -0.830. The van der Waals surface area contributed by atoms with E-state index in [4.69, 9.17) is 37.8 Å². The van der Waals surface area contributed by atoms with Crippen molar-refractivity contribution < 1.29 is 23.8 Å². The van der Waals surface area contributed by atoms with Crippen LogP contribution in [0.25, 0.3) is 0 Å². The Labute approximate surface area is 172 Å². The molecule has 1 saturated heterocycles. The molecule has 3 rings (SSSR count). The maximum Gasteiger partial charge on any atom is 0.304 e. The predicted octanol–water partition coefficient (Wildman–Crippen LogP) is 4.56. The number of ether oxygens (including phenoxy) is 2. The van der Waals surface area contributed by atoms with Gasteiger partial charge in [-0.3, -0.25) is 9.69 Å². The first-order valence-corrected chi connectivity index (χ1v) is 9.60. The number of carbonyl (C=O) groups is 1. The van der Waals surface area contributed by atoms with Crippen LogP contribution in [0.3, 0.4) is 0 Å². The Hall–Kier alpha value is -1.86. The average molecular weight is 428 g/mol. The van der Waals surface area contributed by atoms with Gasteiger partial charge in [-0.05, 0) is 29.8 Å². The van der Waals surface area contributed by atoms with Crippen molar-refractivity contribution in [3.05, 3.63) is 63.4 Å². The molecule has 0 amide bonds. The molecule has 0 saturated carbocycles. The molecule has 150 valence electrons. The fraction of sp³-hybridized carbons (Fsp3) is 0.350. The minimum Gasteiger partial charge on any atom is -0.487 e. The van der Waals surface area contributed by atoms with Gasteiger partial charge in [0.2, 0.25) is 0 Å². The van der Waals surface area contributed by atoms with Crippen LogP contribution in [0.2, 0.25) is 10.0 Å². The van der Waals surface area contributed by atoms with Crippen LogP contribution in [-0.2, 0) is 16.1 Å². The van der Waals surface area contributed by atoms with Gasteiger partial charge in [0.1, 0.15) is 18.2 Å². The van der Waals surface area contributed by atoms with Crippen LogP contribution >= 0.6 is 23.2 Å². The van der Waals surface area contributed by atoms with Crippen LogP contribution in [0, 0.1) is 5.82 Å². The van der Waals surface area contributed by atoms with E-state index in [0.29, 0.717) is 42.0 Å². The van der Waals surface area contributed by atoms with Crippen molar-refractivity contribution in [2.24, 2.45) is 0 Å². The van der Waals surface area contributed by atoms with Crippen LogP contribution in [-0.4, -0.2) is 42.2 Å². The molecule has 1 aliphatic heterocycles. The Morgan fingerprint density at radius 3 is 2.82 bits per heavy atom. The number of morpholine rings is 1. The number of rotatable bonds is 7. The van der Waals surface area contributed by atoms with Crippen molar-refractivity contribution in [2.75, 3.05) is 26.2 Å². The molecule has 2 aromatic carbocycles. The summed E-state index contributed by atoms with van der Waals surface area (Å²) < 4.78 is 25.3. The summed E-state index contributed by atoms with van der Waals surface area (Å²) in [6, 6.07) is 9.77. The van der Waals surface area contributed by atoms with Crippen molar-refractivity contribution in [2.45, 2.75) is 19.1 Å². The summed E-state index contributed by atoms with van der Waals surface area (Å²) in [7, 11) is 0. The highest BCUT2D eigenvalue weighted by atomic mass is 35.5. The van der Waals surface area contributed by atoms with Gasteiger partial charge in [-0.1, -0.05) is 35.3 Å². The van der Waals surface area contributed by atoms with Gasteiger partial charge in [-0.15, -0.1) is 0 Å². The fourth-order valence-corrected chi connectivity index (χ4v) is 3.48. The molecule has 1 heterocycles. The van der Waals surface area contributed by atoms with Crippen molar-refractivity contribution >= 4 is 29.2 Å². The number of hydrogen-bond acceptors (Lipinski definition) is 4. The summed E-state index contributed by atoms with van der Waals surface area (Å²) in [5.41, 5.74) is 1.15. The number of hydrogen-bond donors (Lipinski definition) is 1. The van der Waals surface area contributed by atoms with Gasteiger partial charge in [-0.2, -0.15) is 0 Å². The van der Waals surface area contributed by atoms with Gasteiger partial charge in [0.15, 0.2) is 0 Å². The molecule has 0 aromatic heterocycles. The topological polar surface area (TPSA) is 59.0 Å². The number of nitrogens with zero attached hydrogens (tertiary/aromatic N) is 1. The fourth-order valence-electron chi connectivity index (χ4n) is 3.02. The first-order chi connectivity index (χ1) is 13.4. The van der Waals surface area contributed by atoms with Crippen LogP contribution in [0.5, 0.6) is 5.75 Å². The average Bonchev–Trinajstić information content (AvgIpc) is 2.67. The van der Waals surface area contributed by atoms with E-state index in [1.54, 1.807) is 18.2 Å². The number of aliphatic carboxylic acids is 1. The van der Waals surface area contributed by atoms with Crippen molar-refractivity contribution in [1.29, 1.82) is 0 Å². The van der Waals surface area contributed by atoms with Crippen LogP contribution in [0.15, 0.2) is 36.4 Å². The predicted molar refractivity (Wildman–Crippen MR) is 105 cm³/mol. The number of benzene rings is 2. The lowest BCUT2D eigenvalue weighted by atomic mass is 10.1. The zero-order chi connectivity index (χ0) is 20.1. The third-order valence-electron chi connectivity index (χ3n) is 4.55. The molecule has 0 spiro atoms. The summed E-state index contributed by atoms with van der Waals surface area (Å²) in [6.07, 6.45) is -0.103. The van der Waals surface area contributed by atoms with E-state index in [1.165, 1.54) is 12.1 Å². The van der Waals surface area contributed by atoms with Crippen LogP contribution in [0.4, 0.5) is 4.39 Å². The maximum atomic E-state index is 13.9. The second-order valence-electron chi connectivity index (χ2n) is 6.48. The molecule has 5 nitrogen and oxygen atoms in total. The van der Waals surface area contributed by atoms with Gasteiger partial charge in [0.05, 0.1) is 29.2 Å². The van der Waals surface area contributed by atoms with Gasteiger partial charge in [0.25, 0.3) is 0 Å². The molecule has 1 N–H and O–H groups in total. The van der Waals surface area contributed by atoms with E-state index in [2.05, 4.69) is 4.90 Å². The Bertz CT molecular complexity index is 829. The molecule has 0 aliphatic carbocycles. The van der Waals surface area contributed by atoms with E-state index >= 15 is 0 Å². The van der Waals surface area contributed by atoms with E-state index < -0.39 is 11.8 Å². The summed E-state index contributed by atoms with van der Waals surface area (Å²) in [4.78, 5) is 12.8. The summed E-state index contributed by atoms with van der Waals surface area (Å²) in [6.45, 7) is 2.25. The highest BCUT2D eigenvalue weighted by Crippen LogP contribution is 2.32.